The first-order valence-corrected chi connectivity index (χ1v) is 8.72. The summed E-state index contributed by atoms with van der Waals surface area (Å²) >= 11 is 0. The zero-order chi connectivity index (χ0) is 17.3. The van der Waals surface area contributed by atoms with Gasteiger partial charge in [-0.1, -0.05) is 36.4 Å². The number of fused-ring (bicyclic) bond motifs is 1. The van der Waals surface area contributed by atoms with E-state index in [1.807, 2.05) is 48.5 Å². The molecule has 2 aliphatic heterocycles. The molecule has 0 radical (unpaired) electrons. The molecule has 1 atom stereocenters. The molecule has 4 rings (SSSR count). The predicted octanol–water partition coefficient (Wildman–Crippen LogP) is 2.43. The summed E-state index contributed by atoms with van der Waals surface area (Å²) in [5.41, 5.74) is 0.953. The number of likely N-dealkylation sites (tertiary alicyclic amines) is 1. The summed E-state index contributed by atoms with van der Waals surface area (Å²) in [7, 11) is 0. The Hall–Kier alpha value is -2.08. The Bertz CT molecular complexity index is 726. The first kappa shape index (κ1) is 16.4. The highest BCUT2D eigenvalue weighted by Gasteiger charge is 2.35. The second-order valence-corrected chi connectivity index (χ2v) is 6.83. The molecular weight excluding hydrogens is 318 g/mol. The fourth-order valence-corrected chi connectivity index (χ4v) is 3.61. The normalized spacial score (nSPS) is 20.4. The molecule has 5 nitrogen and oxygen atoms in total. The molecule has 1 saturated heterocycles. The second-order valence-electron chi connectivity index (χ2n) is 6.83. The maximum atomic E-state index is 11.1. The molecule has 2 aromatic carbocycles. The Kier molecular flexibility index (Phi) is 4.37. The van der Waals surface area contributed by atoms with Crippen molar-refractivity contribution >= 4 is 0 Å². The molecule has 0 saturated carbocycles. The van der Waals surface area contributed by atoms with Crippen LogP contribution < -0.4 is 9.47 Å². The van der Waals surface area contributed by atoms with Crippen LogP contribution in [-0.4, -0.2) is 41.5 Å². The molecule has 2 N–H and O–H groups in total. The third-order valence-electron chi connectivity index (χ3n) is 5.21. The Labute approximate surface area is 147 Å². The Balaban J connectivity index is 1.39. The van der Waals surface area contributed by atoms with Crippen LogP contribution in [0.3, 0.4) is 0 Å². The van der Waals surface area contributed by atoms with Crippen LogP contribution in [0, 0.1) is 0 Å². The SMILES string of the molecule is OC(CN1CCC(O)(c2ccc3c(c2)OCO3)CC1)c1ccccc1. The average Bonchev–Trinajstić information content (AvgIpc) is 3.12. The fourth-order valence-electron chi connectivity index (χ4n) is 3.61. The standard InChI is InChI=1S/C20H23NO4/c22-17(15-4-2-1-3-5-15)13-21-10-8-20(23,9-11-21)16-6-7-18-19(12-16)25-14-24-18/h1-7,12,17,22-23H,8-11,13-14H2. The van der Waals surface area contributed by atoms with Gasteiger partial charge < -0.3 is 24.6 Å². The van der Waals surface area contributed by atoms with Crippen LogP contribution >= 0.6 is 0 Å². The molecule has 25 heavy (non-hydrogen) atoms. The highest BCUT2D eigenvalue weighted by Crippen LogP contribution is 2.39. The fraction of sp³-hybridized carbons (Fsp3) is 0.400. The minimum Gasteiger partial charge on any atom is -0.454 e. The highest BCUT2D eigenvalue weighted by molar-refractivity contribution is 5.46. The van der Waals surface area contributed by atoms with Gasteiger partial charge in [0.1, 0.15) is 0 Å². The Morgan fingerprint density at radius 1 is 1.00 bits per heavy atom. The van der Waals surface area contributed by atoms with E-state index in [2.05, 4.69) is 4.90 Å². The largest absolute Gasteiger partial charge is 0.454 e. The van der Waals surface area contributed by atoms with Crippen LogP contribution in [0.25, 0.3) is 0 Å². The summed E-state index contributed by atoms with van der Waals surface area (Å²) < 4.78 is 10.8. The number of piperidine rings is 1. The van der Waals surface area contributed by atoms with Crippen molar-refractivity contribution in [1.82, 2.24) is 4.90 Å². The van der Waals surface area contributed by atoms with Gasteiger partial charge in [-0.05, 0) is 36.1 Å². The van der Waals surface area contributed by atoms with Crippen LogP contribution in [-0.2, 0) is 5.60 Å². The highest BCUT2D eigenvalue weighted by atomic mass is 16.7. The van der Waals surface area contributed by atoms with Crippen molar-refractivity contribution in [1.29, 1.82) is 0 Å². The van der Waals surface area contributed by atoms with E-state index in [1.54, 1.807) is 0 Å². The summed E-state index contributed by atoms with van der Waals surface area (Å²) in [5, 5.41) is 21.4. The van der Waals surface area contributed by atoms with E-state index in [-0.39, 0.29) is 6.79 Å². The molecule has 0 bridgehead atoms. The number of hydrogen-bond acceptors (Lipinski definition) is 5. The molecule has 0 amide bonds. The monoisotopic (exact) mass is 341 g/mol. The molecule has 2 aliphatic rings. The van der Waals surface area contributed by atoms with E-state index in [1.165, 1.54) is 0 Å². The Morgan fingerprint density at radius 2 is 1.72 bits per heavy atom. The van der Waals surface area contributed by atoms with E-state index in [0.717, 1.165) is 30.0 Å². The quantitative estimate of drug-likeness (QED) is 0.894. The smallest absolute Gasteiger partial charge is 0.231 e. The van der Waals surface area contributed by atoms with Gasteiger partial charge in [-0.15, -0.1) is 0 Å². The minimum atomic E-state index is -0.852. The summed E-state index contributed by atoms with van der Waals surface area (Å²) in [4.78, 5) is 2.21. The topological polar surface area (TPSA) is 62.2 Å². The van der Waals surface area contributed by atoms with E-state index in [9.17, 15) is 10.2 Å². The van der Waals surface area contributed by atoms with Gasteiger partial charge in [0, 0.05) is 19.6 Å². The van der Waals surface area contributed by atoms with E-state index in [4.69, 9.17) is 9.47 Å². The maximum Gasteiger partial charge on any atom is 0.231 e. The molecule has 2 heterocycles. The van der Waals surface area contributed by atoms with E-state index < -0.39 is 11.7 Å². The van der Waals surface area contributed by atoms with Crippen LogP contribution in [0.1, 0.15) is 30.1 Å². The third kappa shape index (κ3) is 3.35. The van der Waals surface area contributed by atoms with Crippen molar-refractivity contribution in [3.63, 3.8) is 0 Å². The Morgan fingerprint density at radius 3 is 2.48 bits per heavy atom. The lowest BCUT2D eigenvalue weighted by molar-refractivity contribution is -0.0345. The molecule has 5 heteroatoms. The summed E-state index contributed by atoms with van der Waals surface area (Å²) in [6, 6.07) is 15.4. The van der Waals surface area contributed by atoms with Crippen LogP contribution in [0.2, 0.25) is 0 Å². The van der Waals surface area contributed by atoms with Gasteiger partial charge in [-0.2, -0.15) is 0 Å². The molecule has 1 unspecified atom stereocenters. The number of nitrogens with zero attached hydrogens (tertiary/aromatic N) is 1. The summed E-state index contributed by atoms with van der Waals surface area (Å²) in [5.74, 6) is 1.43. The van der Waals surface area contributed by atoms with Gasteiger partial charge >= 0.3 is 0 Å². The molecular formula is C20H23NO4. The molecule has 132 valence electrons. The summed E-state index contributed by atoms with van der Waals surface area (Å²) in [6.07, 6.45) is 0.764. The molecule has 2 aromatic rings. The zero-order valence-electron chi connectivity index (χ0n) is 14.1. The number of aliphatic hydroxyl groups is 2. The number of benzene rings is 2. The van der Waals surface area contributed by atoms with Crippen molar-refractivity contribution in [2.24, 2.45) is 0 Å². The van der Waals surface area contributed by atoms with Gasteiger partial charge in [-0.25, -0.2) is 0 Å². The third-order valence-corrected chi connectivity index (χ3v) is 5.21. The van der Waals surface area contributed by atoms with Crippen molar-refractivity contribution in [3.8, 4) is 11.5 Å². The average molecular weight is 341 g/mol. The second kappa shape index (κ2) is 6.67. The van der Waals surface area contributed by atoms with Gasteiger partial charge in [0.05, 0.1) is 11.7 Å². The molecule has 0 spiro atoms. The zero-order valence-corrected chi connectivity index (χ0v) is 14.1. The van der Waals surface area contributed by atoms with Crippen LogP contribution in [0.15, 0.2) is 48.5 Å². The number of β-amino-alcohol motifs (C(OH)–C–C–N with tert-alkyl or cyclic N) is 1. The number of ether oxygens (including phenoxy) is 2. The van der Waals surface area contributed by atoms with E-state index >= 15 is 0 Å². The first-order chi connectivity index (χ1) is 12.1. The summed E-state index contributed by atoms with van der Waals surface area (Å²) in [6.45, 7) is 2.31. The van der Waals surface area contributed by atoms with Crippen molar-refractivity contribution in [2.45, 2.75) is 24.5 Å². The van der Waals surface area contributed by atoms with Crippen LogP contribution in [0.5, 0.6) is 11.5 Å². The number of aliphatic hydroxyl groups excluding tert-OH is 1. The van der Waals surface area contributed by atoms with Gasteiger partial charge in [0.25, 0.3) is 0 Å². The van der Waals surface area contributed by atoms with Crippen molar-refractivity contribution in [3.05, 3.63) is 59.7 Å². The van der Waals surface area contributed by atoms with Gasteiger partial charge in [0.2, 0.25) is 6.79 Å². The van der Waals surface area contributed by atoms with Gasteiger partial charge in [0.15, 0.2) is 11.5 Å². The van der Waals surface area contributed by atoms with Gasteiger partial charge in [-0.3, -0.25) is 0 Å². The lowest BCUT2D eigenvalue weighted by Crippen LogP contribution is -2.43. The predicted molar refractivity (Wildman–Crippen MR) is 93.5 cm³/mol. The van der Waals surface area contributed by atoms with Crippen molar-refractivity contribution in [2.75, 3.05) is 26.4 Å². The minimum absolute atomic E-state index is 0.238. The first-order valence-electron chi connectivity index (χ1n) is 8.72. The number of rotatable bonds is 4. The number of hydrogen-bond donors (Lipinski definition) is 2. The van der Waals surface area contributed by atoms with Crippen molar-refractivity contribution < 1.29 is 19.7 Å². The lowest BCUT2D eigenvalue weighted by Gasteiger charge is -2.39. The van der Waals surface area contributed by atoms with E-state index in [0.29, 0.717) is 25.1 Å². The lowest BCUT2D eigenvalue weighted by atomic mass is 9.84. The van der Waals surface area contributed by atoms with Crippen LogP contribution in [0.4, 0.5) is 0 Å². The molecule has 0 aromatic heterocycles. The molecule has 1 fully saturated rings. The maximum absolute atomic E-state index is 11.1. The molecule has 0 aliphatic carbocycles.